The minimum Gasteiger partial charge on any atom is -0.496 e. The first kappa shape index (κ1) is 18.5. The molecule has 0 N–H and O–H groups in total. The molecule has 6 heteroatoms. The number of ether oxygens (including phenoxy) is 2. The Morgan fingerprint density at radius 1 is 1.19 bits per heavy atom. The van der Waals surface area contributed by atoms with E-state index in [2.05, 4.69) is 33.1 Å². The van der Waals surface area contributed by atoms with Gasteiger partial charge in [0, 0.05) is 50.2 Å². The van der Waals surface area contributed by atoms with Gasteiger partial charge in [0.15, 0.2) is 0 Å². The Kier molecular flexibility index (Phi) is 6.07. The number of nitrogens with zero attached hydrogens (tertiary/aromatic N) is 4. The first-order chi connectivity index (χ1) is 13.3. The topological polar surface area (TPSA) is 42.8 Å². The van der Waals surface area contributed by atoms with Gasteiger partial charge in [0.2, 0.25) is 0 Å². The summed E-state index contributed by atoms with van der Waals surface area (Å²) in [5, 5.41) is 4.33. The monoisotopic (exact) mass is 370 g/mol. The zero-order valence-electron chi connectivity index (χ0n) is 16.2. The van der Waals surface area contributed by atoms with Crippen LogP contribution >= 0.6 is 0 Å². The molecule has 0 amide bonds. The van der Waals surface area contributed by atoms with Crippen LogP contribution in [0.2, 0.25) is 0 Å². The van der Waals surface area contributed by atoms with E-state index in [4.69, 9.17) is 9.47 Å². The number of benzene rings is 1. The Balaban J connectivity index is 1.42. The van der Waals surface area contributed by atoms with E-state index in [1.165, 1.54) is 30.5 Å². The lowest BCUT2D eigenvalue weighted by Gasteiger charge is -2.41. The van der Waals surface area contributed by atoms with Crippen molar-refractivity contribution in [2.45, 2.75) is 32.0 Å². The van der Waals surface area contributed by atoms with Gasteiger partial charge in [0.25, 0.3) is 0 Å². The Labute approximate surface area is 161 Å². The van der Waals surface area contributed by atoms with Crippen molar-refractivity contribution in [1.82, 2.24) is 19.6 Å². The fraction of sp³-hybridized carbons (Fsp3) is 0.571. The number of aromatic nitrogens is 2. The van der Waals surface area contributed by atoms with Crippen molar-refractivity contribution in [2.24, 2.45) is 0 Å². The third kappa shape index (κ3) is 4.69. The highest BCUT2D eigenvalue weighted by Gasteiger charge is 2.26. The Morgan fingerprint density at radius 2 is 2.07 bits per heavy atom. The van der Waals surface area contributed by atoms with Gasteiger partial charge in [-0.15, -0.1) is 0 Å². The van der Waals surface area contributed by atoms with Gasteiger partial charge in [-0.2, -0.15) is 5.10 Å². The second-order valence-corrected chi connectivity index (χ2v) is 7.53. The molecule has 0 saturated carbocycles. The van der Waals surface area contributed by atoms with Crippen molar-refractivity contribution < 1.29 is 9.47 Å². The molecule has 0 spiro atoms. The second-order valence-electron chi connectivity index (χ2n) is 7.53. The zero-order chi connectivity index (χ0) is 18.5. The standard InChI is InChI=1S/C21H30N4O2/c1-26-21-6-5-18(14-19(21)16-25-9-3-7-22-25)15-23-8-2-4-20(17-23)24-10-12-27-13-11-24/h3,5-7,9,14,20H,2,4,8,10-13,15-17H2,1H3. The summed E-state index contributed by atoms with van der Waals surface area (Å²) >= 11 is 0. The SMILES string of the molecule is COc1ccc(CN2CCCC(N3CCOCC3)C2)cc1Cn1cccn1. The quantitative estimate of drug-likeness (QED) is 0.780. The minimum absolute atomic E-state index is 0.671. The van der Waals surface area contributed by atoms with Crippen LogP contribution in [0.15, 0.2) is 36.7 Å². The van der Waals surface area contributed by atoms with Gasteiger partial charge < -0.3 is 9.47 Å². The first-order valence-corrected chi connectivity index (χ1v) is 9.99. The van der Waals surface area contributed by atoms with Gasteiger partial charge >= 0.3 is 0 Å². The third-order valence-corrected chi connectivity index (χ3v) is 5.69. The number of hydrogen-bond acceptors (Lipinski definition) is 5. The molecule has 1 aromatic carbocycles. The van der Waals surface area contributed by atoms with E-state index in [0.717, 1.165) is 51.7 Å². The van der Waals surface area contributed by atoms with E-state index in [-0.39, 0.29) is 0 Å². The molecule has 0 aliphatic carbocycles. The van der Waals surface area contributed by atoms with Crippen molar-refractivity contribution >= 4 is 0 Å². The van der Waals surface area contributed by atoms with Gasteiger partial charge in [-0.25, -0.2) is 0 Å². The predicted octanol–water partition coefficient (Wildman–Crippen LogP) is 2.24. The second kappa shape index (κ2) is 8.87. The molecule has 0 bridgehead atoms. The molecule has 2 aromatic rings. The Morgan fingerprint density at radius 3 is 2.85 bits per heavy atom. The summed E-state index contributed by atoms with van der Waals surface area (Å²) in [6, 6.07) is 9.19. The Hall–Kier alpha value is -1.89. The number of methoxy groups -OCH3 is 1. The van der Waals surface area contributed by atoms with E-state index in [1.54, 1.807) is 7.11 Å². The van der Waals surface area contributed by atoms with E-state index in [0.29, 0.717) is 6.04 Å². The fourth-order valence-electron chi connectivity index (χ4n) is 4.30. The highest BCUT2D eigenvalue weighted by molar-refractivity contribution is 5.37. The van der Waals surface area contributed by atoms with Crippen LogP contribution in [0.25, 0.3) is 0 Å². The summed E-state index contributed by atoms with van der Waals surface area (Å²) in [5.41, 5.74) is 2.53. The molecular formula is C21H30N4O2. The summed E-state index contributed by atoms with van der Waals surface area (Å²) < 4.78 is 13.0. The lowest BCUT2D eigenvalue weighted by molar-refractivity contribution is -0.00358. The number of piperidine rings is 1. The molecule has 2 aliphatic heterocycles. The van der Waals surface area contributed by atoms with Crippen molar-refractivity contribution in [2.75, 3.05) is 46.5 Å². The van der Waals surface area contributed by atoms with Crippen molar-refractivity contribution in [1.29, 1.82) is 0 Å². The van der Waals surface area contributed by atoms with E-state index >= 15 is 0 Å². The number of morpholine rings is 1. The van der Waals surface area contributed by atoms with Gasteiger partial charge in [0.1, 0.15) is 5.75 Å². The molecule has 1 atom stereocenters. The number of hydrogen-bond donors (Lipinski definition) is 0. The smallest absolute Gasteiger partial charge is 0.123 e. The molecule has 27 heavy (non-hydrogen) atoms. The summed E-state index contributed by atoms with van der Waals surface area (Å²) in [7, 11) is 1.74. The fourth-order valence-corrected chi connectivity index (χ4v) is 4.30. The molecule has 146 valence electrons. The molecule has 4 rings (SSSR count). The van der Waals surface area contributed by atoms with Crippen LogP contribution in [0.3, 0.4) is 0 Å². The predicted molar refractivity (Wildman–Crippen MR) is 105 cm³/mol. The maximum absolute atomic E-state index is 5.56. The normalized spacial score (nSPS) is 22.0. The summed E-state index contributed by atoms with van der Waals surface area (Å²) in [6.07, 6.45) is 6.39. The number of likely N-dealkylation sites (tertiary alicyclic amines) is 1. The van der Waals surface area contributed by atoms with Crippen LogP contribution in [0.4, 0.5) is 0 Å². The zero-order valence-corrected chi connectivity index (χ0v) is 16.2. The summed E-state index contributed by atoms with van der Waals surface area (Å²) in [6.45, 7) is 7.99. The maximum Gasteiger partial charge on any atom is 0.123 e. The minimum atomic E-state index is 0.671. The average molecular weight is 370 g/mol. The highest BCUT2D eigenvalue weighted by Crippen LogP contribution is 2.24. The van der Waals surface area contributed by atoms with Crippen molar-refractivity contribution in [3.05, 3.63) is 47.8 Å². The van der Waals surface area contributed by atoms with E-state index in [1.807, 2.05) is 23.1 Å². The largest absolute Gasteiger partial charge is 0.496 e. The molecular weight excluding hydrogens is 340 g/mol. The van der Waals surface area contributed by atoms with Crippen LogP contribution in [-0.2, 0) is 17.8 Å². The average Bonchev–Trinajstić information content (AvgIpc) is 3.22. The van der Waals surface area contributed by atoms with Crippen LogP contribution in [0.1, 0.15) is 24.0 Å². The lowest BCUT2D eigenvalue weighted by atomic mass is 10.0. The molecule has 3 heterocycles. The van der Waals surface area contributed by atoms with Gasteiger partial charge in [-0.1, -0.05) is 6.07 Å². The molecule has 1 aromatic heterocycles. The molecule has 2 aliphatic rings. The highest BCUT2D eigenvalue weighted by atomic mass is 16.5. The third-order valence-electron chi connectivity index (χ3n) is 5.69. The van der Waals surface area contributed by atoms with Crippen molar-refractivity contribution in [3.8, 4) is 5.75 Å². The first-order valence-electron chi connectivity index (χ1n) is 9.99. The maximum atomic E-state index is 5.56. The molecule has 6 nitrogen and oxygen atoms in total. The van der Waals surface area contributed by atoms with Crippen molar-refractivity contribution in [3.63, 3.8) is 0 Å². The molecule has 2 saturated heterocycles. The van der Waals surface area contributed by atoms with Crippen LogP contribution < -0.4 is 4.74 Å². The summed E-state index contributed by atoms with van der Waals surface area (Å²) in [5.74, 6) is 0.930. The van der Waals surface area contributed by atoms with Gasteiger partial charge in [-0.05, 0) is 43.1 Å². The molecule has 2 fully saturated rings. The van der Waals surface area contributed by atoms with Crippen LogP contribution in [0, 0.1) is 0 Å². The number of rotatable bonds is 6. The molecule has 1 unspecified atom stereocenters. The van der Waals surface area contributed by atoms with E-state index < -0.39 is 0 Å². The van der Waals surface area contributed by atoms with Crippen LogP contribution in [0.5, 0.6) is 5.75 Å². The van der Waals surface area contributed by atoms with Crippen LogP contribution in [-0.4, -0.2) is 72.1 Å². The van der Waals surface area contributed by atoms with E-state index in [9.17, 15) is 0 Å². The lowest BCUT2D eigenvalue weighted by Crippen LogP contribution is -2.51. The molecule has 0 radical (unpaired) electrons. The van der Waals surface area contributed by atoms with Gasteiger partial charge in [-0.3, -0.25) is 14.5 Å². The van der Waals surface area contributed by atoms with Gasteiger partial charge in [0.05, 0.1) is 26.9 Å². The Bertz CT molecular complexity index is 713. The summed E-state index contributed by atoms with van der Waals surface area (Å²) in [4.78, 5) is 5.22.